The van der Waals surface area contributed by atoms with Gasteiger partial charge in [-0.05, 0) is 6.07 Å². The van der Waals surface area contributed by atoms with Crippen molar-refractivity contribution in [3.05, 3.63) is 16.1 Å². The highest BCUT2D eigenvalue weighted by Crippen LogP contribution is 2.41. The molecular weight excluding hydrogens is 263 g/mol. The maximum Gasteiger partial charge on any atom is 0.229 e. The molecule has 1 rings (SSSR count). The SMILES string of the molecule is CS(=O)(=O)Nc1cc(Cl)c(N)c(Cl)c1O. The van der Waals surface area contributed by atoms with Crippen LogP contribution < -0.4 is 10.5 Å². The largest absolute Gasteiger partial charge is 0.504 e. The van der Waals surface area contributed by atoms with Crippen LogP contribution in [0.25, 0.3) is 0 Å². The Morgan fingerprint density at radius 3 is 2.47 bits per heavy atom. The fourth-order valence-corrected chi connectivity index (χ4v) is 1.91. The van der Waals surface area contributed by atoms with Crippen LogP contribution in [-0.4, -0.2) is 19.8 Å². The minimum Gasteiger partial charge on any atom is -0.504 e. The van der Waals surface area contributed by atoms with Gasteiger partial charge in [0.1, 0.15) is 5.02 Å². The Bertz CT molecular complexity index is 501. The summed E-state index contributed by atoms with van der Waals surface area (Å²) in [6.45, 7) is 0. The first-order chi connectivity index (χ1) is 6.72. The van der Waals surface area contributed by atoms with Gasteiger partial charge < -0.3 is 10.8 Å². The second-order valence-electron chi connectivity index (χ2n) is 2.86. The summed E-state index contributed by atoms with van der Waals surface area (Å²) in [5, 5.41) is 9.34. The second-order valence-corrected chi connectivity index (χ2v) is 5.39. The zero-order chi connectivity index (χ0) is 11.8. The third-order valence-electron chi connectivity index (χ3n) is 1.52. The Morgan fingerprint density at radius 2 is 2.00 bits per heavy atom. The van der Waals surface area contributed by atoms with Crippen molar-refractivity contribution in [2.24, 2.45) is 0 Å². The summed E-state index contributed by atoms with van der Waals surface area (Å²) in [7, 11) is -3.51. The first-order valence-electron chi connectivity index (χ1n) is 3.66. The van der Waals surface area contributed by atoms with Crippen molar-refractivity contribution in [3.63, 3.8) is 0 Å². The number of nitrogens with two attached hydrogens (primary N) is 1. The average molecular weight is 271 g/mol. The molecule has 0 bridgehead atoms. The Balaban J connectivity index is 3.33. The lowest BCUT2D eigenvalue weighted by Gasteiger charge is -2.10. The van der Waals surface area contributed by atoms with Crippen molar-refractivity contribution in [1.29, 1.82) is 0 Å². The average Bonchev–Trinajstić information content (AvgIpc) is 2.08. The van der Waals surface area contributed by atoms with Gasteiger partial charge >= 0.3 is 0 Å². The zero-order valence-electron chi connectivity index (χ0n) is 7.58. The van der Waals surface area contributed by atoms with Crippen LogP contribution in [0.2, 0.25) is 10.0 Å². The van der Waals surface area contributed by atoms with Gasteiger partial charge in [-0.25, -0.2) is 8.42 Å². The first kappa shape index (κ1) is 12.2. The van der Waals surface area contributed by atoms with E-state index in [9.17, 15) is 13.5 Å². The third-order valence-corrected chi connectivity index (χ3v) is 2.81. The summed E-state index contributed by atoms with van der Waals surface area (Å²) in [6, 6.07) is 1.18. The molecule has 0 aliphatic carbocycles. The fraction of sp³-hybridized carbons (Fsp3) is 0.143. The van der Waals surface area contributed by atoms with E-state index in [0.29, 0.717) is 0 Å². The number of benzene rings is 1. The van der Waals surface area contributed by atoms with Crippen LogP contribution in [0.1, 0.15) is 0 Å². The van der Waals surface area contributed by atoms with Crippen molar-refractivity contribution in [2.75, 3.05) is 16.7 Å². The van der Waals surface area contributed by atoms with Crippen molar-refractivity contribution in [3.8, 4) is 5.75 Å². The van der Waals surface area contributed by atoms with Crippen LogP contribution in [0.3, 0.4) is 0 Å². The number of nitrogens with one attached hydrogen (secondary N) is 1. The van der Waals surface area contributed by atoms with Crippen LogP contribution in [-0.2, 0) is 10.0 Å². The van der Waals surface area contributed by atoms with E-state index < -0.39 is 15.8 Å². The molecule has 0 saturated heterocycles. The van der Waals surface area contributed by atoms with Crippen LogP contribution in [0.5, 0.6) is 5.75 Å². The first-order valence-corrected chi connectivity index (χ1v) is 6.31. The van der Waals surface area contributed by atoms with Gasteiger partial charge in [-0.2, -0.15) is 0 Å². The Kier molecular flexibility index (Phi) is 3.22. The molecule has 0 aromatic heterocycles. The number of halogens is 2. The van der Waals surface area contributed by atoms with Gasteiger partial charge in [0.05, 0.1) is 22.7 Å². The molecule has 0 atom stereocenters. The van der Waals surface area contributed by atoms with E-state index in [1.807, 2.05) is 0 Å². The summed E-state index contributed by atoms with van der Waals surface area (Å²) in [4.78, 5) is 0. The molecule has 5 nitrogen and oxygen atoms in total. The lowest BCUT2D eigenvalue weighted by Crippen LogP contribution is -2.10. The van der Waals surface area contributed by atoms with E-state index in [0.717, 1.165) is 6.26 Å². The molecule has 0 heterocycles. The number of rotatable bonds is 2. The molecule has 15 heavy (non-hydrogen) atoms. The number of phenols is 1. The summed E-state index contributed by atoms with van der Waals surface area (Å²) >= 11 is 11.3. The fourth-order valence-electron chi connectivity index (χ4n) is 0.901. The van der Waals surface area contributed by atoms with E-state index in [1.54, 1.807) is 0 Å². The standard InChI is InChI=1S/C7H8Cl2N2O3S/c1-15(13,14)11-4-2-3(8)6(10)5(9)7(4)12/h2,11-12H,10H2,1H3. The molecule has 1 aromatic carbocycles. The highest BCUT2D eigenvalue weighted by Gasteiger charge is 2.15. The topological polar surface area (TPSA) is 92.4 Å². The van der Waals surface area contributed by atoms with Crippen molar-refractivity contribution >= 4 is 44.6 Å². The molecule has 0 aliphatic heterocycles. The highest BCUT2D eigenvalue weighted by atomic mass is 35.5. The number of anilines is 2. The molecule has 0 radical (unpaired) electrons. The molecule has 1 aromatic rings. The Morgan fingerprint density at radius 1 is 1.47 bits per heavy atom. The molecule has 0 unspecified atom stereocenters. The van der Waals surface area contributed by atoms with E-state index in [4.69, 9.17) is 28.9 Å². The van der Waals surface area contributed by atoms with Crippen LogP contribution >= 0.6 is 23.2 Å². The minimum absolute atomic E-state index is 0.00474. The van der Waals surface area contributed by atoms with E-state index in [2.05, 4.69) is 4.72 Å². The number of hydrogen-bond acceptors (Lipinski definition) is 4. The molecule has 0 spiro atoms. The van der Waals surface area contributed by atoms with Gasteiger partial charge in [-0.15, -0.1) is 0 Å². The zero-order valence-corrected chi connectivity index (χ0v) is 9.91. The number of aromatic hydroxyl groups is 1. The number of phenolic OH excluding ortho intramolecular Hbond substituents is 1. The Hall–Kier alpha value is -0.850. The molecule has 84 valence electrons. The monoisotopic (exact) mass is 270 g/mol. The summed E-state index contributed by atoms with van der Waals surface area (Å²) in [5.41, 5.74) is 5.30. The van der Waals surface area contributed by atoms with Gasteiger partial charge in [0.25, 0.3) is 0 Å². The summed E-state index contributed by atoms with van der Waals surface area (Å²) < 4.78 is 23.9. The van der Waals surface area contributed by atoms with E-state index in [-0.39, 0.29) is 21.4 Å². The van der Waals surface area contributed by atoms with Gasteiger partial charge in [0.2, 0.25) is 10.0 Å². The molecule has 0 amide bonds. The summed E-state index contributed by atoms with van der Waals surface area (Å²) in [5.74, 6) is -0.455. The van der Waals surface area contributed by atoms with Crippen molar-refractivity contribution < 1.29 is 13.5 Å². The minimum atomic E-state index is -3.51. The smallest absolute Gasteiger partial charge is 0.229 e. The van der Waals surface area contributed by atoms with Gasteiger partial charge in [-0.3, -0.25) is 4.72 Å². The van der Waals surface area contributed by atoms with Crippen molar-refractivity contribution in [2.45, 2.75) is 0 Å². The lowest BCUT2D eigenvalue weighted by atomic mass is 10.2. The van der Waals surface area contributed by atoms with E-state index in [1.165, 1.54) is 6.07 Å². The van der Waals surface area contributed by atoms with Gasteiger partial charge in [0.15, 0.2) is 5.75 Å². The third kappa shape index (κ3) is 2.80. The quantitative estimate of drug-likeness (QED) is 0.563. The van der Waals surface area contributed by atoms with Crippen LogP contribution in [0, 0.1) is 0 Å². The Labute approximate surface area is 96.8 Å². The number of nitrogen functional groups attached to an aromatic ring is 1. The van der Waals surface area contributed by atoms with Crippen LogP contribution in [0.4, 0.5) is 11.4 Å². The number of sulfonamides is 1. The lowest BCUT2D eigenvalue weighted by molar-refractivity contribution is 0.478. The predicted octanol–water partition coefficient (Wildman–Crippen LogP) is 1.65. The normalized spacial score (nSPS) is 11.4. The predicted molar refractivity (Wildman–Crippen MR) is 61.0 cm³/mol. The van der Waals surface area contributed by atoms with E-state index >= 15 is 0 Å². The maximum absolute atomic E-state index is 10.9. The number of hydrogen-bond donors (Lipinski definition) is 3. The molecule has 4 N–H and O–H groups in total. The summed E-state index contributed by atoms with van der Waals surface area (Å²) in [6.07, 6.45) is 0.935. The highest BCUT2D eigenvalue weighted by molar-refractivity contribution is 7.92. The van der Waals surface area contributed by atoms with Crippen molar-refractivity contribution in [1.82, 2.24) is 0 Å². The van der Waals surface area contributed by atoms with Gasteiger partial charge in [-0.1, -0.05) is 23.2 Å². The molecule has 0 fully saturated rings. The molecule has 0 aliphatic rings. The molecule has 8 heteroatoms. The van der Waals surface area contributed by atoms with Crippen LogP contribution in [0.15, 0.2) is 6.07 Å². The second kappa shape index (κ2) is 3.96. The molecule has 0 saturated carbocycles. The van der Waals surface area contributed by atoms with Gasteiger partial charge in [0, 0.05) is 0 Å². The molecular formula is C7H8Cl2N2O3S. The maximum atomic E-state index is 10.9.